The van der Waals surface area contributed by atoms with Gasteiger partial charge in [-0.25, -0.2) is 0 Å². The molecule has 0 spiro atoms. The van der Waals surface area contributed by atoms with E-state index in [1.54, 1.807) is 0 Å². The van der Waals surface area contributed by atoms with Crippen molar-refractivity contribution in [1.29, 1.82) is 0 Å². The summed E-state index contributed by atoms with van der Waals surface area (Å²) in [5, 5.41) is 2.83. The minimum absolute atomic E-state index is 0.0237. The van der Waals surface area contributed by atoms with Gasteiger partial charge in [-0.2, -0.15) is 0 Å². The summed E-state index contributed by atoms with van der Waals surface area (Å²) in [7, 11) is 0. The van der Waals surface area contributed by atoms with Gasteiger partial charge in [0.2, 0.25) is 5.91 Å². The summed E-state index contributed by atoms with van der Waals surface area (Å²) < 4.78 is 0. The van der Waals surface area contributed by atoms with E-state index >= 15 is 0 Å². The Labute approximate surface area is 80.4 Å². The highest BCUT2D eigenvalue weighted by molar-refractivity contribution is 5.78. The lowest BCUT2D eigenvalue weighted by atomic mass is 10.1. The zero-order chi connectivity index (χ0) is 10.3. The van der Waals surface area contributed by atoms with Gasteiger partial charge in [0.15, 0.2) is 0 Å². The number of amides is 1. The van der Waals surface area contributed by atoms with Crippen LogP contribution < -0.4 is 11.1 Å². The van der Waals surface area contributed by atoms with E-state index in [4.69, 9.17) is 5.73 Å². The average molecular weight is 184 g/mol. The number of carbonyl (C=O) groups excluding carboxylic acids is 1. The van der Waals surface area contributed by atoms with Gasteiger partial charge < -0.3 is 11.1 Å². The maximum Gasteiger partial charge on any atom is 0.223 e. The molecule has 13 heavy (non-hydrogen) atoms. The number of rotatable bonds is 5. The molecule has 0 fully saturated rings. The first-order valence-corrected chi connectivity index (χ1v) is 4.69. The molecule has 0 aliphatic carbocycles. The SMILES string of the molecule is CC(C)=CCNC(=O)C(C)CCN. The molecule has 0 aliphatic heterocycles. The summed E-state index contributed by atoms with van der Waals surface area (Å²) in [6, 6.07) is 0. The van der Waals surface area contributed by atoms with Gasteiger partial charge in [0.05, 0.1) is 0 Å². The molecule has 0 saturated heterocycles. The number of hydrogen-bond acceptors (Lipinski definition) is 2. The topological polar surface area (TPSA) is 55.1 Å². The summed E-state index contributed by atoms with van der Waals surface area (Å²) in [4.78, 5) is 11.3. The average Bonchev–Trinajstić information content (AvgIpc) is 2.04. The fourth-order valence-electron chi connectivity index (χ4n) is 0.911. The van der Waals surface area contributed by atoms with Crippen molar-refractivity contribution in [3.63, 3.8) is 0 Å². The van der Waals surface area contributed by atoms with Gasteiger partial charge in [-0.15, -0.1) is 0 Å². The first-order valence-electron chi connectivity index (χ1n) is 4.69. The first-order chi connectivity index (χ1) is 6.07. The molecule has 3 N–H and O–H groups in total. The van der Waals surface area contributed by atoms with Crippen molar-refractivity contribution in [1.82, 2.24) is 5.32 Å². The number of nitrogens with one attached hydrogen (secondary N) is 1. The molecule has 76 valence electrons. The Kier molecular flexibility index (Phi) is 6.24. The van der Waals surface area contributed by atoms with Crippen molar-refractivity contribution in [2.45, 2.75) is 27.2 Å². The summed E-state index contributed by atoms with van der Waals surface area (Å²) in [5.74, 6) is 0.110. The third kappa shape index (κ3) is 6.34. The molecule has 0 saturated carbocycles. The third-order valence-electron chi connectivity index (χ3n) is 1.83. The molecule has 0 aliphatic rings. The van der Waals surface area contributed by atoms with Crippen molar-refractivity contribution in [3.8, 4) is 0 Å². The van der Waals surface area contributed by atoms with E-state index in [0.29, 0.717) is 13.1 Å². The van der Waals surface area contributed by atoms with Crippen molar-refractivity contribution in [3.05, 3.63) is 11.6 Å². The normalized spacial score (nSPS) is 12.0. The van der Waals surface area contributed by atoms with Crippen molar-refractivity contribution in [2.75, 3.05) is 13.1 Å². The second-order valence-corrected chi connectivity index (χ2v) is 3.51. The zero-order valence-corrected chi connectivity index (χ0v) is 8.76. The van der Waals surface area contributed by atoms with Crippen LogP contribution in [0.4, 0.5) is 0 Å². The molecule has 0 aromatic carbocycles. The molecule has 1 unspecified atom stereocenters. The molecule has 1 amide bonds. The molecular formula is C10H20N2O. The summed E-state index contributed by atoms with van der Waals surface area (Å²) >= 11 is 0. The molecule has 0 radical (unpaired) electrons. The quantitative estimate of drug-likeness (QED) is 0.628. The Morgan fingerprint density at radius 2 is 2.15 bits per heavy atom. The van der Waals surface area contributed by atoms with E-state index in [0.717, 1.165) is 6.42 Å². The highest BCUT2D eigenvalue weighted by Gasteiger charge is 2.09. The predicted octanol–water partition coefficient (Wildman–Crippen LogP) is 1.05. The largest absolute Gasteiger partial charge is 0.352 e. The van der Waals surface area contributed by atoms with Crippen LogP contribution in [0.2, 0.25) is 0 Å². The molecule has 1 atom stereocenters. The zero-order valence-electron chi connectivity index (χ0n) is 8.76. The van der Waals surface area contributed by atoms with Crippen LogP contribution >= 0.6 is 0 Å². The lowest BCUT2D eigenvalue weighted by Gasteiger charge is -2.09. The fourth-order valence-corrected chi connectivity index (χ4v) is 0.911. The molecule has 0 aromatic heterocycles. The summed E-state index contributed by atoms with van der Waals surface area (Å²) in [5.41, 5.74) is 6.57. The second kappa shape index (κ2) is 6.66. The number of allylic oxidation sites excluding steroid dienone is 1. The molecule has 0 bridgehead atoms. The molecular weight excluding hydrogens is 164 g/mol. The molecule has 3 heteroatoms. The Morgan fingerprint density at radius 3 is 2.62 bits per heavy atom. The van der Waals surface area contributed by atoms with E-state index in [1.165, 1.54) is 5.57 Å². The van der Waals surface area contributed by atoms with Gasteiger partial charge in [0, 0.05) is 12.5 Å². The maximum atomic E-state index is 11.3. The number of hydrogen-bond donors (Lipinski definition) is 2. The van der Waals surface area contributed by atoms with Gasteiger partial charge in [0.25, 0.3) is 0 Å². The Bertz CT molecular complexity index is 183. The van der Waals surface area contributed by atoms with Crippen LogP contribution in [0.3, 0.4) is 0 Å². The minimum Gasteiger partial charge on any atom is -0.352 e. The van der Waals surface area contributed by atoms with Crippen LogP contribution in [0.5, 0.6) is 0 Å². The van der Waals surface area contributed by atoms with Crippen molar-refractivity contribution < 1.29 is 4.79 Å². The summed E-state index contributed by atoms with van der Waals surface area (Å²) in [6.07, 6.45) is 2.74. The van der Waals surface area contributed by atoms with E-state index in [9.17, 15) is 4.79 Å². The van der Waals surface area contributed by atoms with Gasteiger partial charge in [-0.3, -0.25) is 4.79 Å². The predicted molar refractivity (Wildman–Crippen MR) is 55.3 cm³/mol. The first kappa shape index (κ1) is 12.2. The van der Waals surface area contributed by atoms with Gasteiger partial charge in [-0.1, -0.05) is 18.6 Å². The highest BCUT2D eigenvalue weighted by atomic mass is 16.1. The highest BCUT2D eigenvalue weighted by Crippen LogP contribution is 1.99. The maximum absolute atomic E-state index is 11.3. The Hall–Kier alpha value is -0.830. The van der Waals surface area contributed by atoms with Crippen LogP contribution in [-0.2, 0) is 4.79 Å². The van der Waals surface area contributed by atoms with Crippen LogP contribution in [0, 0.1) is 5.92 Å². The monoisotopic (exact) mass is 184 g/mol. The Morgan fingerprint density at radius 1 is 1.54 bits per heavy atom. The van der Waals surface area contributed by atoms with E-state index in [1.807, 2.05) is 26.8 Å². The van der Waals surface area contributed by atoms with E-state index in [-0.39, 0.29) is 11.8 Å². The molecule has 0 rings (SSSR count). The van der Waals surface area contributed by atoms with E-state index < -0.39 is 0 Å². The van der Waals surface area contributed by atoms with Crippen LogP contribution in [0.15, 0.2) is 11.6 Å². The standard InChI is InChI=1S/C10H20N2O/c1-8(2)5-7-12-10(13)9(3)4-6-11/h5,9H,4,6-7,11H2,1-3H3,(H,12,13). The van der Waals surface area contributed by atoms with Crippen LogP contribution in [0.1, 0.15) is 27.2 Å². The third-order valence-corrected chi connectivity index (χ3v) is 1.83. The lowest BCUT2D eigenvalue weighted by Crippen LogP contribution is -2.30. The number of carbonyl (C=O) groups is 1. The molecule has 3 nitrogen and oxygen atoms in total. The second-order valence-electron chi connectivity index (χ2n) is 3.51. The van der Waals surface area contributed by atoms with Crippen molar-refractivity contribution in [2.24, 2.45) is 11.7 Å². The summed E-state index contributed by atoms with van der Waals surface area (Å²) in [6.45, 7) is 7.10. The van der Waals surface area contributed by atoms with Crippen LogP contribution in [-0.4, -0.2) is 19.0 Å². The van der Waals surface area contributed by atoms with Crippen molar-refractivity contribution >= 4 is 5.91 Å². The number of nitrogens with two attached hydrogens (primary N) is 1. The Balaban J connectivity index is 3.68. The minimum atomic E-state index is 0.0237. The molecule has 0 heterocycles. The molecule has 0 aromatic rings. The van der Waals surface area contributed by atoms with Crippen LogP contribution in [0.25, 0.3) is 0 Å². The fraction of sp³-hybridized carbons (Fsp3) is 0.700. The van der Waals surface area contributed by atoms with E-state index in [2.05, 4.69) is 5.32 Å². The van der Waals surface area contributed by atoms with Gasteiger partial charge in [-0.05, 0) is 26.8 Å². The smallest absolute Gasteiger partial charge is 0.223 e. The van der Waals surface area contributed by atoms with Gasteiger partial charge in [0.1, 0.15) is 0 Å². The van der Waals surface area contributed by atoms with Gasteiger partial charge >= 0.3 is 0 Å². The lowest BCUT2D eigenvalue weighted by molar-refractivity contribution is -0.124.